The molecule has 1 heterocycles. The number of sulfonamides is 1. The van der Waals surface area contributed by atoms with E-state index in [1.807, 2.05) is 24.3 Å². The Labute approximate surface area is 189 Å². The van der Waals surface area contributed by atoms with Crippen LogP contribution >= 0.6 is 11.6 Å². The van der Waals surface area contributed by atoms with Gasteiger partial charge in [-0.05, 0) is 42.5 Å². The van der Waals surface area contributed by atoms with Gasteiger partial charge in [0.2, 0.25) is 10.0 Å². The highest BCUT2D eigenvalue weighted by Gasteiger charge is 2.23. The normalized spacial score (nSPS) is 14.7. The number of rotatable bonds is 8. The topological polar surface area (TPSA) is 70.2 Å². The smallest absolute Gasteiger partial charge is 0.260 e. The van der Waals surface area contributed by atoms with Gasteiger partial charge in [-0.15, -0.1) is 0 Å². The number of ether oxygens (including phenoxy) is 1. The number of anilines is 1. The molecule has 1 aliphatic rings. The summed E-state index contributed by atoms with van der Waals surface area (Å²) in [4.78, 5) is 16.7. The minimum Gasteiger partial charge on any atom is -0.484 e. The fourth-order valence-electron chi connectivity index (χ4n) is 3.54. The summed E-state index contributed by atoms with van der Waals surface area (Å²) < 4.78 is 32.1. The number of nitrogens with zero attached hydrogens (tertiary/aromatic N) is 3. The molecule has 0 atom stereocenters. The molecular weight excluding hydrogens is 438 g/mol. The monoisotopic (exact) mass is 465 g/mol. The van der Waals surface area contributed by atoms with Gasteiger partial charge in [-0.3, -0.25) is 4.79 Å². The lowest BCUT2D eigenvalue weighted by atomic mass is 10.2. The van der Waals surface area contributed by atoms with Gasteiger partial charge < -0.3 is 14.5 Å². The van der Waals surface area contributed by atoms with E-state index in [0.717, 1.165) is 18.8 Å². The van der Waals surface area contributed by atoms with Gasteiger partial charge in [0.15, 0.2) is 6.61 Å². The predicted molar refractivity (Wildman–Crippen MR) is 122 cm³/mol. The summed E-state index contributed by atoms with van der Waals surface area (Å²) >= 11 is 6.06. The molecule has 0 radical (unpaired) electrons. The number of hydrogen-bond donors (Lipinski definition) is 0. The molecule has 31 heavy (non-hydrogen) atoms. The van der Waals surface area contributed by atoms with Crippen LogP contribution in [-0.4, -0.2) is 69.4 Å². The summed E-state index contributed by atoms with van der Waals surface area (Å²) in [6.07, 6.45) is 0. The third-order valence-electron chi connectivity index (χ3n) is 5.33. The first-order valence-corrected chi connectivity index (χ1v) is 12.2. The Morgan fingerprint density at radius 2 is 1.68 bits per heavy atom. The lowest BCUT2D eigenvalue weighted by Gasteiger charge is -2.36. The number of carbonyl (C=O) groups is 1. The first-order chi connectivity index (χ1) is 14.8. The Bertz CT molecular complexity index is 986. The van der Waals surface area contributed by atoms with Crippen LogP contribution in [0.15, 0.2) is 53.4 Å². The molecule has 3 rings (SSSR count). The fourth-order valence-corrected chi connectivity index (χ4v) is 5.19. The van der Waals surface area contributed by atoms with E-state index in [2.05, 4.69) is 4.90 Å². The molecule has 1 amide bonds. The van der Waals surface area contributed by atoms with Crippen molar-refractivity contribution in [2.45, 2.75) is 18.7 Å². The molecular formula is C22H28ClN3O4S. The van der Waals surface area contributed by atoms with Crippen molar-refractivity contribution in [2.75, 3.05) is 50.8 Å². The minimum absolute atomic E-state index is 0.0840. The fraction of sp³-hybridized carbons (Fsp3) is 0.409. The average Bonchev–Trinajstić information content (AvgIpc) is 2.78. The summed E-state index contributed by atoms with van der Waals surface area (Å²) in [6.45, 7) is 7.02. The van der Waals surface area contributed by atoms with Crippen molar-refractivity contribution in [3.8, 4) is 5.75 Å². The SMILES string of the molecule is CCN(CC)S(=O)(=O)c1ccc(OCC(=O)N2CCN(c3cccc(Cl)c3)CC2)cc1. The highest BCUT2D eigenvalue weighted by molar-refractivity contribution is 7.89. The van der Waals surface area contributed by atoms with E-state index < -0.39 is 10.0 Å². The lowest BCUT2D eigenvalue weighted by molar-refractivity contribution is -0.133. The highest BCUT2D eigenvalue weighted by Crippen LogP contribution is 2.22. The van der Waals surface area contributed by atoms with Crippen LogP contribution in [0.3, 0.4) is 0 Å². The van der Waals surface area contributed by atoms with E-state index in [9.17, 15) is 13.2 Å². The number of piperazine rings is 1. The van der Waals surface area contributed by atoms with Crippen LogP contribution in [0.25, 0.3) is 0 Å². The Hall–Kier alpha value is -2.29. The zero-order chi connectivity index (χ0) is 22.4. The van der Waals surface area contributed by atoms with E-state index in [1.54, 1.807) is 30.9 Å². The summed E-state index contributed by atoms with van der Waals surface area (Å²) in [5, 5.41) is 0.695. The number of amides is 1. The summed E-state index contributed by atoms with van der Waals surface area (Å²) in [6, 6.07) is 13.9. The van der Waals surface area contributed by atoms with Crippen LogP contribution in [0.5, 0.6) is 5.75 Å². The van der Waals surface area contributed by atoms with Crippen LogP contribution < -0.4 is 9.64 Å². The van der Waals surface area contributed by atoms with Crippen molar-refractivity contribution >= 4 is 33.2 Å². The average molecular weight is 466 g/mol. The Morgan fingerprint density at radius 1 is 1.03 bits per heavy atom. The van der Waals surface area contributed by atoms with E-state index in [0.29, 0.717) is 37.0 Å². The van der Waals surface area contributed by atoms with E-state index in [1.165, 1.54) is 16.4 Å². The van der Waals surface area contributed by atoms with Crippen LogP contribution in [0.1, 0.15) is 13.8 Å². The molecule has 0 spiro atoms. The highest BCUT2D eigenvalue weighted by atomic mass is 35.5. The molecule has 1 fully saturated rings. The molecule has 0 saturated carbocycles. The Kier molecular flexibility index (Phi) is 7.80. The molecule has 168 valence electrons. The molecule has 9 heteroatoms. The van der Waals surface area contributed by atoms with Gasteiger partial charge >= 0.3 is 0 Å². The number of hydrogen-bond acceptors (Lipinski definition) is 5. The lowest BCUT2D eigenvalue weighted by Crippen LogP contribution is -2.50. The van der Waals surface area contributed by atoms with Crippen molar-refractivity contribution in [1.82, 2.24) is 9.21 Å². The van der Waals surface area contributed by atoms with Crippen LogP contribution in [0, 0.1) is 0 Å². The van der Waals surface area contributed by atoms with Gasteiger partial charge in [0.05, 0.1) is 4.90 Å². The molecule has 1 saturated heterocycles. The maximum Gasteiger partial charge on any atom is 0.260 e. The molecule has 1 aliphatic heterocycles. The standard InChI is InChI=1S/C22H28ClN3O4S/c1-3-26(4-2)31(28,29)21-10-8-20(9-11-21)30-17-22(27)25-14-12-24(13-15-25)19-7-5-6-18(23)16-19/h5-11,16H,3-4,12-15,17H2,1-2H3. The Balaban J connectivity index is 1.51. The molecule has 0 N–H and O–H groups in total. The van der Waals surface area contributed by atoms with Crippen molar-refractivity contribution in [1.29, 1.82) is 0 Å². The molecule has 0 unspecified atom stereocenters. The minimum atomic E-state index is -3.51. The molecule has 7 nitrogen and oxygen atoms in total. The molecule has 0 bridgehead atoms. The van der Waals surface area contributed by atoms with Crippen LogP contribution in [-0.2, 0) is 14.8 Å². The van der Waals surface area contributed by atoms with E-state index >= 15 is 0 Å². The van der Waals surface area contributed by atoms with E-state index in [4.69, 9.17) is 16.3 Å². The summed E-state index contributed by atoms with van der Waals surface area (Å²) in [5.74, 6) is 0.370. The molecule has 0 aromatic heterocycles. The second-order valence-corrected chi connectivity index (χ2v) is 9.57. The summed E-state index contributed by atoms with van der Waals surface area (Å²) in [7, 11) is -3.51. The van der Waals surface area contributed by atoms with Crippen molar-refractivity contribution < 1.29 is 17.9 Å². The zero-order valence-electron chi connectivity index (χ0n) is 17.8. The first-order valence-electron chi connectivity index (χ1n) is 10.4. The number of halogens is 1. The third-order valence-corrected chi connectivity index (χ3v) is 7.63. The van der Waals surface area contributed by atoms with Gasteiger partial charge in [-0.2, -0.15) is 4.31 Å². The number of carbonyl (C=O) groups excluding carboxylic acids is 1. The van der Waals surface area contributed by atoms with Gasteiger partial charge in [-0.25, -0.2) is 8.42 Å². The molecule has 2 aromatic carbocycles. The summed E-state index contributed by atoms with van der Waals surface area (Å²) in [5.41, 5.74) is 1.05. The second-order valence-electron chi connectivity index (χ2n) is 7.20. The quantitative estimate of drug-likeness (QED) is 0.599. The van der Waals surface area contributed by atoms with Crippen LogP contribution in [0.4, 0.5) is 5.69 Å². The zero-order valence-corrected chi connectivity index (χ0v) is 19.4. The van der Waals surface area contributed by atoms with E-state index in [-0.39, 0.29) is 17.4 Å². The van der Waals surface area contributed by atoms with Gasteiger partial charge in [0.25, 0.3) is 5.91 Å². The van der Waals surface area contributed by atoms with Crippen molar-refractivity contribution in [2.24, 2.45) is 0 Å². The van der Waals surface area contributed by atoms with Gasteiger partial charge in [0.1, 0.15) is 5.75 Å². The molecule has 2 aromatic rings. The maximum atomic E-state index is 12.5. The van der Waals surface area contributed by atoms with Gasteiger partial charge in [0, 0.05) is 50.0 Å². The number of benzene rings is 2. The van der Waals surface area contributed by atoms with Crippen molar-refractivity contribution in [3.05, 3.63) is 53.6 Å². The second kappa shape index (κ2) is 10.3. The predicted octanol–water partition coefficient (Wildman–Crippen LogP) is 3.10. The van der Waals surface area contributed by atoms with Crippen LogP contribution in [0.2, 0.25) is 5.02 Å². The Morgan fingerprint density at radius 3 is 2.26 bits per heavy atom. The van der Waals surface area contributed by atoms with Crippen molar-refractivity contribution in [3.63, 3.8) is 0 Å². The largest absolute Gasteiger partial charge is 0.484 e. The van der Waals surface area contributed by atoms with Gasteiger partial charge in [-0.1, -0.05) is 31.5 Å². The maximum absolute atomic E-state index is 12.5. The third kappa shape index (κ3) is 5.70. The molecule has 0 aliphatic carbocycles. The first kappa shape index (κ1) is 23.4.